The molecule has 0 radical (unpaired) electrons. The first-order valence-electron chi connectivity index (χ1n) is 5.37. The number of rotatable bonds is 3. The van der Waals surface area contributed by atoms with Crippen molar-refractivity contribution in [2.45, 2.75) is 9.92 Å². The molecule has 6 heteroatoms. The third-order valence-electron chi connectivity index (χ3n) is 2.32. The molecule has 0 aliphatic heterocycles. The van der Waals surface area contributed by atoms with E-state index in [0.29, 0.717) is 11.3 Å². The van der Waals surface area contributed by atoms with Crippen LogP contribution in [-0.2, 0) is 4.74 Å². The number of esters is 1. The number of hydrogen-bond acceptors (Lipinski definition) is 5. The molecule has 1 aromatic carbocycles. The molecule has 0 spiro atoms. The minimum Gasteiger partial charge on any atom is -0.465 e. The fourth-order valence-electron chi connectivity index (χ4n) is 1.44. The summed E-state index contributed by atoms with van der Waals surface area (Å²) in [4.78, 5) is 16.7. The molecule has 4 nitrogen and oxygen atoms in total. The summed E-state index contributed by atoms with van der Waals surface area (Å²) in [6.45, 7) is 0. The van der Waals surface area contributed by atoms with Crippen molar-refractivity contribution in [1.29, 1.82) is 0 Å². The molecule has 0 aliphatic rings. The number of hydrogen-bond donors (Lipinski definition) is 1. The largest absolute Gasteiger partial charge is 0.465 e. The maximum Gasteiger partial charge on any atom is 0.339 e. The number of anilines is 1. The molecular weight excluding hydrogens is 328 g/mol. The lowest BCUT2D eigenvalue weighted by Crippen LogP contribution is -2.04. The molecule has 2 N–H and O–H groups in total. The van der Waals surface area contributed by atoms with Crippen LogP contribution in [0.15, 0.2) is 50.9 Å². The summed E-state index contributed by atoms with van der Waals surface area (Å²) in [5, 5.41) is 0.790. The highest BCUT2D eigenvalue weighted by Crippen LogP contribution is 2.31. The van der Waals surface area contributed by atoms with Gasteiger partial charge in [-0.25, -0.2) is 9.78 Å². The zero-order valence-electron chi connectivity index (χ0n) is 10.1. The quantitative estimate of drug-likeness (QED) is 0.686. The first kappa shape index (κ1) is 13.9. The molecule has 0 fully saturated rings. The van der Waals surface area contributed by atoms with E-state index < -0.39 is 5.97 Å². The van der Waals surface area contributed by atoms with Crippen molar-refractivity contribution in [3.05, 3.63) is 46.6 Å². The van der Waals surface area contributed by atoms with Crippen molar-refractivity contribution < 1.29 is 9.53 Å². The number of benzene rings is 1. The van der Waals surface area contributed by atoms with Gasteiger partial charge >= 0.3 is 5.97 Å². The summed E-state index contributed by atoms with van der Waals surface area (Å²) in [7, 11) is 1.35. The molecule has 0 unspecified atom stereocenters. The van der Waals surface area contributed by atoms with Crippen molar-refractivity contribution in [2.75, 3.05) is 12.8 Å². The molecule has 19 heavy (non-hydrogen) atoms. The molecule has 0 atom stereocenters. The molecule has 2 rings (SSSR count). The molecule has 0 saturated heterocycles. The number of carbonyl (C=O) groups is 1. The van der Waals surface area contributed by atoms with E-state index >= 15 is 0 Å². The zero-order valence-corrected chi connectivity index (χ0v) is 12.5. The lowest BCUT2D eigenvalue weighted by molar-refractivity contribution is 0.0597. The topological polar surface area (TPSA) is 65.2 Å². The van der Waals surface area contributed by atoms with E-state index in [0.717, 1.165) is 14.4 Å². The summed E-state index contributed by atoms with van der Waals surface area (Å²) in [6.07, 6.45) is 1.71. The van der Waals surface area contributed by atoms with Gasteiger partial charge in [-0.3, -0.25) is 0 Å². The molecule has 0 aliphatic carbocycles. The van der Waals surface area contributed by atoms with E-state index in [9.17, 15) is 4.79 Å². The maximum atomic E-state index is 11.7. The molecule has 0 amide bonds. The van der Waals surface area contributed by atoms with Gasteiger partial charge in [-0.15, -0.1) is 0 Å². The summed E-state index contributed by atoms with van der Waals surface area (Å²) < 4.78 is 5.66. The van der Waals surface area contributed by atoms with Gasteiger partial charge in [0.2, 0.25) is 0 Å². The van der Waals surface area contributed by atoms with Crippen LogP contribution in [0.25, 0.3) is 0 Å². The Morgan fingerprint density at radius 2 is 2.16 bits per heavy atom. The predicted octanol–water partition coefficient (Wildman–Crippen LogP) is 3.36. The number of halogens is 1. The van der Waals surface area contributed by atoms with Crippen molar-refractivity contribution >= 4 is 39.3 Å². The van der Waals surface area contributed by atoms with Gasteiger partial charge in [0, 0.05) is 21.3 Å². The molecular formula is C13H11BrN2O2S. The van der Waals surface area contributed by atoms with Crippen LogP contribution in [0.4, 0.5) is 5.69 Å². The first-order valence-corrected chi connectivity index (χ1v) is 6.98. The average Bonchev–Trinajstić information content (AvgIpc) is 2.42. The number of aromatic nitrogens is 1. The van der Waals surface area contributed by atoms with E-state index in [2.05, 4.69) is 20.9 Å². The number of nitrogen functional groups attached to an aromatic ring is 1. The Balaban J connectivity index is 2.34. The van der Waals surface area contributed by atoms with Crippen LogP contribution in [-0.4, -0.2) is 18.1 Å². The fourth-order valence-corrected chi connectivity index (χ4v) is 2.53. The number of carbonyl (C=O) groups excluding carboxylic acids is 1. The van der Waals surface area contributed by atoms with Crippen molar-refractivity contribution in [1.82, 2.24) is 4.98 Å². The van der Waals surface area contributed by atoms with Crippen LogP contribution >= 0.6 is 27.7 Å². The maximum absolute atomic E-state index is 11.7. The van der Waals surface area contributed by atoms with E-state index in [1.165, 1.54) is 18.9 Å². The molecule has 1 heterocycles. The lowest BCUT2D eigenvalue weighted by Gasteiger charge is -2.08. The van der Waals surface area contributed by atoms with Crippen molar-refractivity contribution in [3.63, 3.8) is 0 Å². The van der Waals surface area contributed by atoms with Crippen LogP contribution in [0.2, 0.25) is 0 Å². The first-order chi connectivity index (χ1) is 9.10. The Hall–Kier alpha value is -1.53. The third kappa shape index (κ3) is 3.48. The van der Waals surface area contributed by atoms with Crippen LogP contribution < -0.4 is 5.73 Å². The summed E-state index contributed by atoms with van der Waals surface area (Å²) >= 11 is 4.71. The molecule has 2 aromatic rings. The van der Waals surface area contributed by atoms with Crippen LogP contribution in [0, 0.1) is 0 Å². The van der Waals surface area contributed by atoms with Crippen LogP contribution in [0.3, 0.4) is 0 Å². The van der Waals surface area contributed by atoms with Gasteiger partial charge in [-0.2, -0.15) is 0 Å². The van der Waals surface area contributed by atoms with Crippen LogP contribution in [0.1, 0.15) is 10.4 Å². The normalized spacial score (nSPS) is 10.2. The van der Waals surface area contributed by atoms with E-state index in [1.807, 2.05) is 12.1 Å². The lowest BCUT2D eigenvalue weighted by atomic mass is 10.2. The van der Waals surface area contributed by atoms with E-state index in [4.69, 9.17) is 10.5 Å². The minimum absolute atomic E-state index is 0.410. The van der Waals surface area contributed by atoms with Gasteiger partial charge < -0.3 is 10.5 Å². The van der Waals surface area contributed by atoms with E-state index in [-0.39, 0.29) is 0 Å². The second kappa shape index (κ2) is 6.08. The Morgan fingerprint density at radius 1 is 1.37 bits per heavy atom. The standard InChI is InChI=1S/C13H11BrN2O2S/c1-18-13(17)10-6-9(15)3-4-11(10)19-12-5-2-8(14)7-16-12/h2-7H,15H2,1H3. The predicted molar refractivity (Wildman–Crippen MR) is 78.3 cm³/mol. The van der Waals surface area contributed by atoms with Gasteiger partial charge in [-0.1, -0.05) is 11.8 Å². The number of nitrogens with two attached hydrogens (primary N) is 1. The summed E-state index contributed by atoms with van der Waals surface area (Å²) in [5.74, 6) is -0.410. The second-order valence-electron chi connectivity index (χ2n) is 3.66. The highest BCUT2D eigenvalue weighted by molar-refractivity contribution is 9.10. The number of pyridine rings is 1. The van der Waals surface area contributed by atoms with Crippen LogP contribution in [0.5, 0.6) is 0 Å². The molecule has 0 bridgehead atoms. The minimum atomic E-state index is -0.410. The SMILES string of the molecule is COC(=O)c1cc(N)ccc1Sc1ccc(Br)cn1. The number of methoxy groups -OCH3 is 1. The summed E-state index contributed by atoms with van der Waals surface area (Å²) in [6, 6.07) is 8.90. The molecule has 0 saturated carbocycles. The third-order valence-corrected chi connectivity index (χ3v) is 3.82. The summed E-state index contributed by atoms with van der Waals surface area (Å²) in [5.41, 5.74) is 6.66. The highest BCUT2D eigenvalue weighted by Gasteiger charge is 2.13. The fraction of sp³-hybridized carbons (Fsp3) is 0.0769. The Bertz CT molecular complexity index is 602. The molecule has 98 valence electrons. The second-order valence-corrected chi connectivity index (χ2v) is 5.64. The highest BCUT2D eigenvalue weighted by atomic mass is 79.9. The number of ether oxygens (including phenoxy) is 1. The zero-order chi connectivity index (χ0) is 13.8. The Morgan fingerprint density at radius 3 is 2.79 bits per heavy atom. The monoisotopic (exact) mass is 338 g/mol. The van der Waals surface area contributed by atoms with Gasteiger partial charge in [0.05, 0.1) is 12.7 Å². The van der Waals surface area contributed by atoms with Crippen molar-refractivity contribution in [3.8, 4) is 0 Å². The van der Waals surface area contributed by atoms with Gasteiger partial charge in [0.25, 0.3) is 0 Å². The Labute approximate surface area is 123 Å². The average molecular weight is 339 g/mol. The van der Waals surface area contributed by atoms with Crippen molar-refractivity contribution in [2.24, 2.45) is 0 Å². The van der Waals surface area contributed by atoms with Gasteiger partial charge in [-0.05, 0) is 46.3 Å². The molecule has 1 aromatic heterocycles. The smallest absolute Gasteiger partial charge is 0.339 e. The van der Waals surface area contributed by atoms with Gasteiger partial charge in [0.1, 0.15) is 5.03 Å². The Kier molecular flexibility index (Phi) is 4.44. The van der Waals surface area contributed by atoms with Gasteiger partial charge in [0.15, 0.2) is 0 Å². The number of nitrogens with zero attached hydrogens (tertiary/aromatic N) is 1. The van der Waals surface area contributed by atoms with E-state index in [1.54, 1.807) is 24.4 Å².